The van der Waals surface area contributed by atoms with E-state index in [-0.39, 0.29) is 12.6 Å². The van der Waals surface area contributed by atoms with Crippen LogP contribution in [-0.2, 0) is 4.79 Å². The van der Waals surface area contributed by atoms with Crippen molar-refractivity contribution in [1.82, 2.24) is 10.6 Å². The summed E-state index contributed by atoms with van der Waals surface area (Å²) in [6.45, 7) is -0.280. The monoisotopic (exact) mass is 262 g/mol. The van der Waals surface area contributed by atoms with E-state index in [0.29, 0.717) is 5.25 Å². The van der Waals surface area contributed by atoms with Crippen LogP contribution in [-0.4, -0.2) is 52.4 Å². The van der Waals surface area contributed by atoms with Gasteiger partial charge in [0.15, 0.2) is 6.10 Å². The van der Waals surface area contributed by atoms with Gasteiger partial charge in [0, 0.05) is 11.3 Å². The van der Waals surface area contributed by atoms with Crippen molar-refractivity contribution in [1.29, 1.82) is 0 Å². The van der Waals surface area contributed by atoms with Gasteiger partial charge in [0.05, 0.1) is 6.54 Å². The SMILES string of the molecule is CSC1CCCC1NC(=O)NCC(O)C(=O)O. The van der Waals surface area contributed by atoms with E-state index in [0.717, 1.165) is 19.3 Å². The van der Waals surface area contributed by atoms with E-state index in [1.165, 1.54) is 0 Å². The molecule has 1 saturated carbocycles. The molecule has 98 valence electrons. The van der Waals surface area contributed by atoms with E-state index in [1.807, 2.05) is 6.26 Å². The third-order valence-corrected chi connectivity index (χ3v) is 3.98. The van der Waals surface area contributed by atoms with Crippen LogP contribution < -0.4 is 10.6 Å². The van der Waals surface area contributed by atoms with Crippen LogP contribution in [0.1, 0.15) is 19.3 Å². The molecule has 1 fully saturated rings. The Morgan fingerprint density at radius 3 is 2.76 bits per heavy atom. The third-order valence-electron chi connectivity index (χ3n) is 2.81. The van der Waals surface area contributed by atoms with Crippen molar-refractivity contribution in [2.45, 2.75) is 36.7 Å². The first kappa shape index (κ1) is 14.1. The number of rotatable bonds is 5. The summed E-state index contributed by atoms with van der Waals surface area (Å²) in [5.41, 5.74) is 0. The fourth-order valence-corrected chi connectivity index (χ4v) is 2.80. The number of carboxylic acid groups (broad SMARTS) is 1. The summed E-state index contributed by atoms with van der Waals surface area (Å²) in [6, 6.07) is -0.289. The molecule has 7 heteroatoms. The summed E-state index contributed by atoms with van der Waals surface area (Å²) in [5.74, 6) is -1.34. The lowest BCUT2D eigenvalue weighted by Gasteiger charge is -2.19. The largest absolute Gasteiger partial charge is 0.479 e. The Morgan fingerprint density at radius 2 is 2.18 bits per heavy atom. The number of urea groups is 1. The minimum Gasteiger partial charge on any atom is -0.479 e. The van der Waals surface area contributed by atoms with E-state index in [1.54, 1.807) is 11.8 Å². The van der Waals surface area contributed by atoms with E-state index < -0.39 is 18.1 Å². The zero-order valence-corrected chi connectivity index (χ0v) is 10.5. The first-order chi connectivity index (χ1) is 8.04. The molecule has 4 N–H and O–H groups in total. The molecule has 0 spiro atoms. The summed E-state index contributed by atoms with van der Waals surface area (Å²) >= 11 is 1.73. The highest BCUT2D eigenvalue weighted by Crippen LogP contribution is 2.28. The molecule has 1 rings (SSSR count). The summed E-state index contributed by atoms with van der Waals surface area (Å²) in [5, 5.41) is 23.0. The highest BCUT2D eigenvalue weighted by atomic mass is 32.2. The van der Waals surface area contributed by atoms with Crippen molar-refractivity contribution in [3.8, 4) is 0 Å². The van der Waals surface area contributed by atoms with Crippen LogP contribution in [0.2, 0.25) is 0 Å². The van der Waals surface area contributed by atoms with E-state index in [4.69, 9.17) is 10.2 Å². The van der Waals surface area contributed by atoms with Gasteiger partial charge in [-0.1, -0.05) is 6.42 Å². The lowest BCUT2D eigenvalue weighted by atomic mass is 10.2. The lowest BCUT2D eigenvalue weighted by molar-refractivity contribution is -0.146. The summed E-state index contributed by atoms with van der Waals surface area (Å²) in [4.78, 5) is 21.8. The number of aliphatic carboxylic acids is 1. The van der Waals surface area contributed by atoms with Crippen molar-refractivity contribution in [2.75, 3.05) is 12.8 Å². The number of hydrogen-bond donors (Lipinski definition) is 4. The van der Waals surface area contributed by atoms with Gasteiger partial charge in [-0.3, -0.25) is 0 Å². The zero-order chi connectivity index (χ0) is 12.8. The van der Waals surface area contributed by atoms with E-state index in [9.17, 15) is 9.59 Å². The first-order valence-corrected chi connectivity index (χ1v) is 6.81. The molecule has 0 bridgehead atoms. The van der Waals surface area contributed by atoms with Crippen molar-refractivity contribution in [3.63, 3.8) is 0 Å². The van der Waals surface area contributed by atoms with Crippen molar-refractivity contribution in [3.05, 3.63) is 0 Å². The number of carbonyl (C=O) groups excluding carboxylic acids is 1. The van der Waals surface area contributed by atoms with Gasteiger partial charge in [-0.25, -0.2) is 9.59 Å². The fourth-order valence-electron chi connectivity index (χ4n) is 1.87. The van der Waals surface area contributed by atoms with Crippen molar-refractivity contribution >= 4 is 23.8 Å². The number of aliphatic hydroxyl groups is 1. The Labute approximate surface area is 104 Å². The molecule has 3 unspecified atom stereocenters. The Balaban J connectivity index is 2.27. The number of thioether (sulfide) groups is 1. The lowest BCUT2D eigenvalue weighted by Crippen LogP contribution is -2.47. The van der Waals surface area contributed by atoms with Gasteiger partial charge in [-0.15, -0.1) is 0 Å². The number of carboxylic acids is 1. The number of carbonyl (C=O) groups is 2. The molecule has 6 nitrogen and oxygen atoms in total. The van der Waals surface area contributed by atoms with Gasteiger partial charge >= 0.3 is 12.0 Å². The predicted molar refractivity (Wildman–Crippen MR) is 65.1 cm³/mol. The van der Waals surface area contributed by atoms with Gasteiger partial charge in [0.25, 0.3) is 0 Å². The topological polar surface area (TPSA) is 98.7 Å². The minimum atomic E-state index is -1.55. The van der Waals surface area contributed by atoms with Gasteiger partial charge in [-0.05, 0) is 19.1 Å². The van der Waals surface area contributed by atoms with Crippen molar-refractivity contribution < 1.29 is 19.8 Å². The summed E-state index contributed by atoms with van der Waals surface area (Å²) in [6.07, 6.45) is 3.58. The summed E-state index contributed by atoms with van der Waals surface area (Å²) < 4.78 is 0. The maximum Gasteiger partial charge on any atom is 0.334 e. The molecule has 0 radical (unpaired) electrons. The number of hydrogen-bond acceptors (Lipinski definition) is 4. The smallest absolute Gasteiger partial charge is 0.334 e. The summed E-state index contributed by atoms with van der Waals surface area (Å²) in [7, 11) is 0. The van der Waals surface area contributed by atoms with Gasteiger partial charge in [0.1, 0.15) is 0 Å². The molecular weight excluding hydrogens is 244 g/mol. The highest BCUT2D eigenvalue weighted by Gasteiger charge is 2.27. The van der Waals surface area contributed by atoms with Crippen molar-refractivity contribution in [2.24, 2.45) is 0 Å². The van der Waals surface area contributed by atoms with Gasteiger partial charge in [0.2, 0.25) is 0 Å². The molecule has 0 aliphatic heterocycles. The Kier molecular flexibility index (Phi) is 5.57. The maximum absolute atomic E-state index is 11.5. The molecule has 0 aromatic rings. The molecule has 0 aromatic heterocycles. The average Bonchev–Trinajstić information content (AvgIpc) is 2.72. The third kappa shape index (κ3) is 4.43. The molecule has 2 amide bonds. The Bertz CT molecular complexity index is 287. The Morgan fingerprint density at radius 1 is 1.47 bits per heavy atom. The van der Waals surface area contributed by atoms with E-state index in [2.05, 4.69) is 10.6 Å². The average molecular weight is 262 g/mol. The van der Waals surface area contributed by atoms with Gasteiger partial charge in [-0.2, -0.15) is 11.8 Å². The van der Waals surface area contributed by atoms with Crippen LogP contribution in [0, 0.1) is 0 Å². The minimum absolute atomic E-state index is 0.131. The molecular formula is C10H18N2O4S. The second-order valence-corrected chi connectivity index (χ2v) is 5.10. The molecule has 17 heavy (non-hydrogen) atoms. The molecule has 1 aliphatic rings. The molecule has 0 aromatic carbocycles. The molecule has 3 atom stereocenters. The molecule has 0 heterocycles. The highest BCUT2D eigenvalue weighted by molar-refractivity contribution is 7.99. The number of nitrogens with one attached hydrogen (secondary N) is 2. The standard InChI is InChI=1S/C10H18N2O4S/c1-17-8-4-2-3-6(8)12-10(16)11-5-7(13)9(14)15/h6-8,13H,2-5H2,1H3,(H,14,15)(H2,11,12,16). The first-order valence-electron chi connectivity index (χ1n) is 5.52. The number of amides is 2. The van der Waals surface area contributed by atoms with Crippen LogP contribution in [0.15, 0.2) is 0 Å². The second-order valence-electron chi connectivity index (χ2n) is 4.02. The molecule has 0 saturated heterocycles. The second kappa shape index (κ2) is 6.70. The van der Waals surface area contributed by atoms with Crippen LogP contribution in [0.25, 0.3) is 0 Å². The quantitative estimate of drug-likeness (QED) is 0.559. The normalized spacial score (nSPS) is 25.3. The van der Waals surface area contributed by atoms with Crippen LogP contribution in [0.4, 0.5) is 4.79 Å². The maximum atomic E-state index is 11.5. The van der Waals surface area contributed by atoms with Crippen LogP contribution in [0.3, 0.4) is 0 Å². The number of aliphatic hydroxyl groups excluding tert-OH is 1. The van der Waals surface area contributed by atoms with Crippen LogP contribution in [0.5, 0.6) is 0 Å². The van der Waals surface area contributed by atoms with Gasteiger partial charge < -0.3 is 20.8 Å². The van der Waals surface area contributed by atoms with E-state index >= 15 is 0 Å². The predicted octanol–water partition coefficient (Wildman–Crippen LogP) is 0.0152. The Hall–Kier alpha value is -0.950. The molecule has 1 aliphatic carbocycles. The van der Waals surface area contributed by atoms with Crippen LogP contribution >= 0.6 is 11.8 Å². The zero-order valence-electron chi connectivity index (χ0n) is 9.68. The fraction of sp³-hybridized carbons (Fsp3) is 0.800.